The van der Waals surface area contributed by atoms with Gasteiger partial charge in [-0.25, -0.2) is 9.69 Å². The van der Waals surface area contributed by atoms with Crippen molar-refractivity contribution < 1.29 is 14.3 Å². The van der Waals surface area contributed by atoms with E-state index in [1.54, 1.807) is 20.8 Å². The molecule has 1 saturated carbocycles. The molecule has 0 bridgehead atoms. The molecule has 4 unspecified atom stereocenters. The summed E-state index contributed by atoms with van der Waals surface area (Å²) in [4.78, 5) is 27.6. The highest BCUT2D eigenvalue weighted by Gasteiger charge is 2.60. The Bertz CT molecular complexity index is 1080. The highest BCUT2D eigenvalue weighted by atomic mass is 35.5. The highest BCUT2D eigenvalue weighted by molar-refractivity contribution is 6.30. The third kappa shape index (κ3) is 4.41. The first-order valence-electron chi connectivity index (χ1n) is 11.6. The Balaban J connectivity index is 1.78. The maximum atomic E-state index is 13.5. The molecule has 2 aliphatic rings. The van der Waals surface area contributed by atoms with E-state index in [1.165, 1.54) is 21.6 Å². The van der Waals surface area contributed by atoms with Crippen LogP contribution < -0.4 is 5.73 Å². The first-order chi connectivity index (χ1) is 15.4. The van der Waals surface area contributed by atoms with Crippen molar-refractivity contribution >= 4 is 23.6 Å². The van der Waals surface area contributed by atoms with Crippen LogP contribution in [0.5, 0.6) is 0 Å². The molecule has 4 rings (SSSR count). The molecule has 2 aromatic rings. The zero-order chi connectivity index (χ0) is 24.1. The smallest absolute Gasteiger partial charge is 0.417 e. The monoisotopic (exact) mass is 468 g/mol. The molecule has 4 atom stereocenters. The minimum absolute atomic E-state index is 0.0289. The molecule has 0 spiro atoms. The number of hydrogen-bond donors (Lipinski definition) is 1. The molecule has 5 nitrogen and oxygen atoms in total. The largest absolute Gasteiger partial charge is 0.443 e. The summed E-state index contributed by atoms with van der Waals surface area (Å²) in [5, 5.41) is 0.662. The van der Waals surface area contributed by atoms with Crippen molar-refractivity contribution in [1.82, 2.24) is 4.90 Å². The predicted molar refractivity (Wildman–Crippen MR) is 130 cm³/mol. The van der Waals surface area contributed by atoms with Gasteiger partial charge in [0.2, 0.25) is 0 Å². The van der Waals surface area contributed by atoms with E-state index in [0.717, 1.165) is 12.0 Å². The van der Waals surface area contributed by atoms with Crippen LogP contribution in [-0.2, 0) is 9.53 Å². The molecule has 2 N–H and O–H groups in total. The minimum Gasteiger partial charge on any atom is -0.443 e. The molecule has 1 aliphatic carbocycles. The van der Waals surface area contributed by atoms with Crippen LogP contribution in [-0.4, -0.2) is 34.6 Å². The fourth-order valence-corrected chi connectivity index (χ4v) is 5.77. The first kappa shape index (κ1) is 23.8. The number of likely N-dealkylation sites (tertiary alicyclic amines) is 1. The van der Waals surface area contributed by atoms with Gasteiger partial charge in [-0.05, 0) is 88.1 Å². The maximum absolute atomic E-state index is 13.5. The quantitative estimate of drug-likeness (QED) is 0.612. The van der Waals surface area contributed by atoms with Crippen molar-refractivity contribution in [3.63, 3.8) is 0 Å². The van der Waals surface area contributed by atoms with Crippen molar-refractivity contribution in [3.05, 3.63) is 69.7 Å². The predicted octanol–water partition coefficient (Wildman–Crippen LogP) is 5.71. The molecule has 2 fully saturated rings. The number of aryl methyl sites for hydroxylation is 2. The first-order valence-corrected chi connectivity index (χ1v) is 11.9. The number of nitrogens with two attached hydrogens (primary N) is 1. The maximum Gasteiger partial charge on any atom is 0.417 e. The summed E-state index contributed by atoms with van der Waals surface area (Å²) in [7, 11) is 0. The van der Waals surface area contributed by atoms with E-state index in [0.29, 0.717) is 11.4 Å². The fourth-order valence-electron chi connectivity index (χ4n) is 5.65. The zero-order valence-corrected chi connectivity index (χ0v) is 20.8. The fraction of sp³-hybridized carbons (Fsp3) is 0.481. The summed E-state index contributed by atoms with van der Waals surface area (Å²) in [6.45, 7) is 9.86. The Kier molecular flexibility index (Phi) is 6.08. The average Bonchev–Trinajstić information content (AvgIpc) is 2.98. The van der Waals surface area contributed by atoms with Crippen LogP contribution in [0.1, 0.15) is 67.7 Å². The topological polar surface area (TPSA) is 72.6 Å². The third-order valence-electron chi connectivity index (χ3n) is 7.11. The van der Waals surface area contributed by atoms with E-state index in [9.17, 15) is 9.59 Å². The van der Waals surface area contributed by atoms with E-state index < -0.39 is 17.2 Å². The summed E-state index contributed by atoms with van der Waals surface area (Å²) >= 11 is 6.19. The lowest BCUT2D eigenvalue weighted by Gasteiger charge is -2.44. The average molecular weight is 469 g/mol. The van der Waals surface area contributed by atoms with Crippen LogP contribution in [0.25, 0.3) is 0 Å². The van der Waals surface area contributed by atoms with Gasteiger partial charge >= 0.3 is 6.09 Å². The van der Waals surface area contributed by atoms with Crippen molar-refractivity contribution in [2.45, 2.75) is 70.4 Å². The van der Waals surface area contributed by atoms with Crippen LogP contribution >= 0.6 is 11.6 Å². The van der Waals surface area contributed by atoms with Gasteiger partial charge in [0.05, 0.1) is 0 Å². The van der Waals surface area contributed by atoms with Gasteiger partial charge in [-0.2, -0.15) is 0 Å². The second-order valence-electron chi connectivity index (χ2n) is 10.6. The standard InChI is InChI=1S/C27H33ClN2O3/c1-16-6-11-20(17(2)14-16)21-12-13-27(29)22(23(21)18-7-9-19(28)10-8-18)15-30(24(27)31)25(32)33-26(3,4)5/h6-11,14,21-23H,12-13,15,29H2,1-5H3. The molecule has 0 aromatic heterocycles. The molecule has 1 heterocycles. The highest BCUT2D eigenvalue weighted by Crippen LogP contribution is 2.54. The van der Waals surface area contributed by atoms with Gasteiger partial charge in [-0.1, -0.05) is 47.5 Å². The molecule has 0 radical (unpaired) electrons. The molecule has 1 saturated heterocycles. The number of ether oxygens (including phenoxy) is 1. The van der Waals surface area contributed by atoms with Crippen molar-refractivity contribution in [2.24, 2.45) is 11.7 Å². The Morgan fingerprint density at radius 1 is 1.15 bits per heavy atom. The Morgan fingerprint density at radius 3 is 2.42 bits per heavy atom. The minimum atomic E-state index is -1.10. The van der Waals surface area contributed by atoms with E-state index in [4.69, 9.17) is 22.1 Å². The number of carbonyl (C=O) groups excluding carboxylic acids is 2. The number of benzene rings is 2. The molecule has 2 amide bonds. The molecule has 176 valence electrons. The number of nitrogens with zero attached hydrogens (tertiary/aromatic N) is 1. The van der Waals surface area contributed by atoms with Crippen LogP contribution in [0.2, 0.25) is 5.02 Å². The lowest BCUT2D eigenvalue weighted by molar-refractivity contribution is -0.132. The Labute approximate surface area is 201 Å². The lowest BCUT2D eigenvalue weighted by Crippen LogP contribution is -2.56. The van der Waals surface area contributed by atoms with Crippen LogP contribution in [0.15, 0.2) is 42.5 Å². The second kappa shape index (κ2) is 8.44. The van der Waals surface area contributed by atoms with Crippen LogP contribution in [0, 0.1) is 19.8 Å². The Morgan fingerprint density at radius 2 is 1.82 bits per heavy atom. The van der Waals surface area contributed by atoms with Crippen molar-refractivity contribution in [2.75, 3.05) is 6.54 Å². The zero-order valence-electron chi connectivity index (χ0n) is 20.0. The van der Waals surface area contributed by atoms with Gasteiger partial charge in [0, 0.05) is 17.5 Å². The summed E-state index contributed by atoms with van der Waals surface area (Å²) in [6, 6.07) is 14.3. The normalized spacial score (nSPS) is 27.4. The third-order valence-corrected chi connectivity index (χ3v) is 7.37. The number of carbonyl (C=O) groups is 2. The molecular formula is C27H33ClN2O3. The lowest BCUT2D eigenvalue weighted by atomic mass is 9.60. The van der Waals surface area contributed by atoms with Gasteiger partial charge in [0.1, 0.15) is 11.1 Å². The summed E-state index contributed by atoms with van der Waals surface area (Å²) in [6.07, 6.45) is 0.667. The number of halogens is 1. The van der Waals surface area contributed by atoms with E-state index in [2.05, 4.69) is 32.0 Å². The summed E-state index contributed by atoms with van der Waals surface area (Å²) in [5.41, 5.74) is 9.85. The van der Waals surface area contributed by atoms with E-state index >= 15 is 0 Å². The molecule has 6 heteroatoms. The van der Waals surface area contributed by atoms with Crippen molar-refractivity contribution in [3.8, 4) is 0 Å². The van der Waals surface area contributed by atoms with E-state index in [-0.39, 0.29) is 30.2 Å². The Hall–Kier alpha value is -2.37. The van der Waals surface area contributed by atoms with Crippen LogP contribution in [0.4, 0.5) is 4.79 Å². The van der Waals surface area contributed by atoms with Gasteiger partial charge in [-0.15, -0.1) is 0 Å². The molecule has 2 aromatic carbocycles. The van der Waals surface area contributed by atoms with Gasteiger partial charge in [0.15, 0.2) is 0 Å². The summed E-state index contributed by atoms with van der Waals surface area (Å²) < 4.78 is 5.54. The van der Waals surface area contributed by atoms with Gasteiger partial charge in [0.25, 0.3) is 5.91 Å². The second-order valence-corrected chi connectivity index (χ2v) is 11.1. The number of fused-ring (bicyclic) bond motifs is 1. The van der Waals surface area contributed by atoms with Gasteiger partial charge in [-0.3, -0.25) is 4.79 Å². The van der Waals surface area contributed by atoms with Crippen molar-refractivity contribution in [1.29, 1.82) is 0 Å². The van der Waals surface area contributed by atoms with Crippen LogP contribution in [0.3, 0.4) is 0 Å². The summed E-state index contributed by atoms with van der Waals surface area (Å²) in [5.74, 6) is -0.406. The SMILES string of the molecule is Cc1ccc(C2CCC3(N)C(=O)N(C(=O)OC(C)(C)C)CC3C2c2ccc(Cl)cc2)c(C)c1. The molecule has 1 aliphatic heterocycles. The number of imide groups is 1. The number of rotatable bonds is 2. The van der Waals surface area contributed by atoms with Gasteiger partial charge < -0.3 is 10.5 Å². The van der Waals surface area contributed by atoms with E-state index in [1.807, 2.05) is 24.3 Å². The molecular weight excluding hydrogens is 436 g/mol. The molecule has 33 heavy (non-hydrogen) atoms. The number of amides is 2. The number of hydrogen-bond acceptors (Lipinski definition) is 4.